The van der Waals surface area contributed by atoms with Gasteiger partial charge >= 0.3 is 0 Å². The SMILES string of the molecule is Cc1ccc(CN2C[C@@H]3CC[C@H]2CN(C)C3)s1. The first-order valence-electron chi connectivity index (χ1n) is 6.68. The van der Waals surface area contributed by atoms with Gasteiger partial charge in [-0.3, -0.25) is 4.90 Å². The molecular formula is C14H22N2S. The third kappa shape index (κ3) is 2.56. The molecular weight excluding hydrogens is 228 g/mol. The van der Waals surface area contributed by atoms with Crippen LogP contribution in [0, 0.1) is 12.8 Å². The van der Waals surface area contributed by atoms with Gasteiger partial charge < -0.3 is 4.90 Å². The van der Waals surface area contributed by atoms with Crippen molar-refractivity contribution in [3.05, 3.63) is 21.9 Å². The summed E-state index contributed by atoms with van der Waals surface area (Å²) in [5, 5.41) is 0. The first kappa shape index (κ1) is 11.7. The predicted molar refractivity (Wildman–Crippen MR) is 73.5 cm³/mol. The lowest BCUT2D eigenvalue weighted by molar-refractivity contribution is 0.125. The number of aryl methyl sites for hydroxylation is 1. The molecule has 3 aliphatic rings. The minimum Gasteiger partial charge on any atom is -0.304 e. The molecule has 0 spiro atoms. The van der Waals surface area contributed by atoms with Crippen LogP contribution in [0.2, 0.25) is 0 Å². The number of hydrogen-bond donors (Lipinski definition) is 0. The fourth-order valence-corrected chi connectivity index (χ4v) is 4.29. The molecule has 3 aliphatic heterocycles. The Kier molecular flexibility index (Phi) is 3.24. The van der Waals surface area contributed by atoms with E-state index in [-0.39, 0.29) is 0 Å². The lowest BCUT2D eigenvalue weighted by Gasteiger charge is -2.35. The van der Waals surface area contributed by atoms with Gasteiger partial charge in [-0.2, -0.15) is 0 Å². The normalized spacial score (nSPS) is 30.7. The van der Waals surface area contributed by atoms with E-state index in [0.29, 0.717) is 0 Å². The largest absolute Gasteiger partial charge is 0.304 e. The van der Waals surface area contributed by atoms with E-state index < -0.39 is 0 Å². The van der Waals surface area contributed by atoms with Gasteiger partial charge in [0, 0.05) is 42.0 Å². The van der Waals surface area contributed by atoms with Crippen molar-refractivity contribution >= 4 is 11.3 Å². The van der Waals surface area contributed by atoms with Crippen LogP contribution in [0.4, 0.5) is 0 Å². The average molecular weight is 250 g/mol. The van der Waals surface area contributed by atoms with Gasteiger partial charge in [-0.25, -0.2) is 0 Å². The molecule has 3 heteroatoms. The molecule has 0 unspecified atom stereocenters. The van der Waals surface area contributed by atoms with Crippen molar-refractivity contribution in [3.8, 4) is 0 Å². The zero-order chi connectivity index (χ0) is 11.8. The molecule has 3 fully saturated rings. The number of fused-ring (bicyclic) bond motifs is 4. The smallest absolute Gasteiger partial charge is 0.0331 e. The molecule has 2 bridgehead atoms. The molecule has 0 saturated carbocycles. The van der Waals surface area contributed by atoms with Gasteiger partial charge in [-0.05, 0) is 44.9 Å². The number of piperidine rings is 1. The Morgan fingerprint density at radius 1 is 1.24 bits per heavy atom. The molecule has 1 aromatic rings. The third-order valence-corrected chi connectivity index (χ3v) is 5.15. The summed E-state index contributed by atoms with van der Waals surface area (Å²) in [4.78, 5) is 8.24. The van der Waals surface area contributed by atoms with Gasteiger partial charge in [0.1, 0.15) is 0 Å². The fourth-order valence-electron chi connectivity index (χ4n) is 3.38. The van der Waals surface area contributed by atoms with Crippen LogP contribution >= 0.6 is 11.3 Å². The van der Waals surface area contributed by atoms with Crippen LogP contribution in [0.15, 0.2) is 12.1 Å². The number of thiophene rings is 1. The van der Waals surface area contributed by atoms with Gasteiger partial charge in [-0.1, -0.05) is 0 Å². The Bertz CT molecular complexity index is 387. The summed E-state index contributed by atoms with van der Waals surface area (Å²) >= 11 is 1.96. The van der Waals surface area contributed by atoms with Crippen molar-refractivity contribution in [2.45, 2.75) is 32.4 Å². The first-order valence-corrected chi connectivity index (χ1v) is 7.50. The highest BCUT2D eigenvalue weighted by molar-refractivity contribution is 7.11. The molecule has 1 aromatic heterocycles. The monoisotopic (exact) mass is 250 g/mol. The van der Waals surface area contributed by atoms with Crippen LogP contribution < -0.4 is 0 Å². The van der Waals surface area contributed by atoms with Crippen molar-refractivity contribution in [1.29, 1.82) is 0 Å². The summed E-state index contributed by atoms with van der Waals surface area (Å²) in [7, 11) is 2.28. The van der Waals surface area contributed by atoms with E-state index in [1.165, 1.54) is 48.8 Å². The second-order valence-electron chi connectivity index (χ2n) is 5.76. The standard InChI is InChI=1S/C14H22N2S/c1-11-3-6-14(17-11)10-16-8-12-4-5-13(16)9-15(2)7-12/h3,6,12-13H,4-5,7-10H2,1-2H3/t12-,13+/m1/s1. The Labute approximate surface area is 108 Å². The summed E-state index contributed by atoms with van der Waals surface area (Å²) < 4.78 is 0. The Balaban J connectivity index is 1.71. The van der Waals surface area contributed by atoms with Crippen LogP contribution in [0.25, 0.3) is 0 Å². The van der Waals surface area contributed by atoms with E-state index in [1.807, 2.05) is 11.3 Å². The van der Waals surface area contributed by atoms with E-state index in [9.17, 15) is 0 Å². The minimum absolute atomic E-state index is 0.793. The number of likely N-dealkylation sites (N-methyl/N-ethyl adjacent to an activating group) is 1. The third-order valence-electron chi connectivity index (χ3n) is 4.16. The lowest BCUT2D eigenvalue weighted by atomic mass is 9.95. The molecule has 0 aliphatic carbocycles. The maximum absolute atomic E-state index is 2.73. The highest BCUT2D eigenvalue weighted by atomic mass is 32.1. The van der Waals surface area contributed by atoms with E-state index >= 15 is 0 Å². The summed E-state index contributed by atoms with van der Waals surface area (Å²) in [6.07, 6.45) is 2.84. The fraction of sp³-hybridized carbons (Fsp3) is 0.714. The Morgan fingerprint density at radius 2 is 2.12 bits per heavy atom. The van der Waals surface area contributed by atoms with Gasteiger partial charge in [-0.15, -0.1) is 11.3 Å². The molecule has 17 heavy (non-hydrogen) atoms. The van der Waals surface area contributed by atoms with Crippen LogP contribution in [-0.4, -0.2) is 42.5 Å². The molecule has 4 rings (SSSR count). The molecule has 3 saturated heterocycles. The van der Waals surface area contributed by atoms with Crippen LogP contribution in [0.5, 0.6) is 0 Å². The molecule has 94 valence electrons. The zero-order valence-corrected chi connectivity index (χ0v) is 11.7. The molecule has 2 atom stereocenters. The van der Waals surface area contributed by atoms with Crippen LogP contribution in [0.1, 0.15) is 22.6 Å². The van der Waals surface area contributed by atoms with E-state index in [2.05, 4.69) is 35.9 Å². The Hall–Kier alpha value is -0.380. The van der Waals surface area contributed by atoms with Crippen molar-refractivity contribution in [3.63, 3.8) is 0 Å². The lowest BCUT2D eigenvalue weighted by Crippen LogP contribution is -2.42. The molecule has 2 nitrogen and oxygen atoms in total. The van der Waals surface area contributed by atoms with E-state index in [0.717, 1.165) is 12.0 Å². The maximum atomic E-state index is 2.73. The predicted octanol–water partition coefficient (Wildman–Crippen LogP) is 2.58. The van der Waals surface area contributed by atoms with Crippen molar-refractivity contribution in [2.24, 2.45) is 5.92 Å². The van der Waals surface area contributed by atoms with Crippen molar-refractivity contribution in [1.82, 2.24) is 9.80 Å². The molecule has 0 amide bonds. The molecule has 0 aromatic carbocycles. The van der Waals surface area contributed by atoms with E-state index in [1.54, 1.807) is 0 Å². The maximum Gasteiger partial charge on any atom is 0.0331 e. The molecule has 0 radical (unpaired) electrons. The topological polar surface area (TPSA) is 6.48 Å². The summed E-state index contributed by atoms with van der Waals surface area (Å²) in [5.74, 6) is 0.903. The molecule has 0 N–H and O–H groups in total. The van der Waals surface area contributed by atoms with Gasteiger partial charge in [0.2, 0.25) is 0 Å². The summed E-state index contributed by atoms with van der Waals surface area (Å²) in [6.45, 7) is 7.26. The highest BCUT2D eigenvalue weighted by Gasteiger charge is 2.33. The van der Waals surface area contributed by atoms with Crippen LogP contribution in [0.3, 0.4) is 0 Å². The minimum atomic E-state index is 0.793. The zero-order valence-electron chi connectivity index (χ0n) is 10.9. The van der Waals surface area contributed by atoms with Gasteiger partial charge in [0.15, 0.2) is 0 Å². The van der Waals surface area contributed by atoms with Gasteiger partial charge in [0.05, 0.1) is 0 Å². The van der Waals surface area contributed by atoms with E-state index in [4.69, 9.17) is 0 Å². The summed E-state index contributed by atoms with van der Waals surface area (Å²) in [6, 6.07) is 5.35. The molecule has 4 heterocycles. The number of nitrogens with zero attached hydrogens (tertiary/aromatic N) is 2. The second kappa shape index (κ2) is 4.71. The van der Waals surface area contributed by atoms with Crippen LogP contribution in [-0.2, 0) is 6.54 Å². The highest BCUT2D eigenvalue weighted by Crippen LogP contribution is 2.29. The Morgan fingerprint density at radius 3 is 2.88 bits per heavy atom. The first-order chi connectivity index (χ1) is 8.20. The van der Waals surface area contributed by atoms with Crippen molar-refractivity contribution in [2.75, 3.05) is 26.7 Å². The summed E-state index contributed by atoms with van der Waals surface area (Å²) in [5.41, 5.74) is 0. The number of hydrogen-bond acceptors (Lipinski definition) is 3. The van der Waals surface area contributed by atoms with Crippen molar-refractivity contribution < 1.29 is 0 Å². The average Bonchev–Trinajstić information content (AvgIpc) is 2.52. The second-order valence-corrected chi connectivity index (χ2v) is 7.13. The quantitative estimate of drug-likeness (QED) is 0.796. The number of rotatable bonds is 2. The van der Waals surface area contributed by atoms with Gasteiger partial charge in [0.25, 0.3) is 0 Å².